The van der Waals surface area contributed by atoms with E-state index in [0.717, 1.165) is 32.4 Å². The minimum Gasteiger partial charge on any atom is -0.385 e. The fraction of sp³-hybridized carbons (Fsp3) is 0.929. The fourth-order valence-corrected chi connectivity index (χ4v) is 1.81. The largest absolute Gasteiger partial charge is 0.385 e. The van der Waals surface area contributed by atoms with Crippen LogP contribution in [0, 0.1) is 5.41 Å². The number of ether oxygens (including phenoxy) is 1. The van der Waals surface area contributed by atoms with Crippen LogP contribution in [0.2, 0.25) is 0 Å². The number of rotatable bonds is 10. The highest BCUT2D eigenvalue weighted by molar-refractivity contribution is 5.78. The summed E-state index contributed by atoms with van der Waals surface area (Å²) < 4.78 is 5.08. The highest BCUT2D eigenvalue weighted by Gasteiger charge is 2.17. The monoisotopic (exact) mass is 258 g/mol. The molecule has 1 unspecified atom stereocenters. The minimum absolute atomic E-state index is 0.0819. The Morgan fingerprint density at radius 2 is 2.06 bits per heavy atom. The molecule has 0 rings (SSSR count). The van der Waals surface area contributed by atoms with Crippen molar-refractivity contribution in [3.8, 4) is 0 Å². The van der Waals surface area contributed by atoms with E-state index in [-0.39, 0.29) is 17.4 Å². The van der Waals surface area contributed by atoms with Crippen LogP contribution in [0.5, 0.6) is 0 Å². The first-order chi connectivity index (χ1) is 8.41. The van der Waals surface area contributed by atoms with Gasteiger partial charge in [0.15, 0.2) is 0 Å². The summed E-state index contributed by atoms with van der Waals surface area (Å²) in [6.07, 6.45) is 3.12. The third-order valence-electron chi connectivity index (χ3n) is 3.00. The number of amides is 1. The Bertz CT molecular complexity index is 230. The predicted octanol–water partition coefficient (Wildman–Crippen LogP) is 1.94. The minimum atomic E-state index is 0.0819. The smallest absolute Gasteiger partial charge is 0.234 e. The molecule has 0 aliphatic heterocycles. The van der Waals surface area contributed by atoms with E-state index in [1.165, 1.54) is 0 Å². The zero-order valence-electron chi connectivity index (χ0n) is 12.6. The lowest BCUT2D eigenvalue weighted by Crippen LogP contribution is -2.41. The second-order valence-corrected chi connectivity index (χ2v) is 5.77. The lowest BCUT2D eigenvalue weighted by atomic mass is 9.90. The second-order valence-electron chi connectivity index (χ2n) is 5.77. The molecule has 1 amide bonds. The lowest BCUT2D eigenvalue weighted by Gasteiger charge is -2.24. The summed E-state index contributed by atoms with van der Waals surface area (Å²) in [6.45, 7) is 10.5. The van der Waals surface area contributed by atoms with Crippen LogP contribution < -0.4 is 10.6 Å². The number of carbonyl (C=O) groups excluding carboxylic acids is 1. The number of hydrogen-bond acceptors (Lipinski definition) is 3. The van der Waals surface area contributed by atoms with Crippen molar-refractivity contribution in [3.63, 3.8) is 0 Å². The summed E-state index contributed by atoms with van der Waals surface area (Å²) in [5.74, 6) is 0.0819. The normalized spacial score (nSPS) is 13.4. The van der Waals surface area contributed by atoms with Crippen LogP contribution in [0.1, 0.15) is 47.0 Å². The Hall–Kier alpha value is -0.610. The standard InChI is InChI=1S/C14H30N2O2/c1-6-7-12(2)16-13(17)10-15-11-14(3,4)8-9-18-5/h12,15H,6-11H2,1-5H3,(H,16,17). The second kappa shape index (κ2) is 9.34. The van der Waals surface area contributed by atoms with Crippen molar-refractivity contribution in [2.24, 2.45) is 5.41 Å². The van der Waals surface area contributed by atoms with E-state index in [0.29, 0.717) is 6.54 Å². The number of nitrogens with one attached hydrogen (secondary N) is 2. The van der Waals surface area contributed by atoms with Gasteiger partial charge in [-0.25, -0.2) is 0 Å². The molecule has 0 aromatic carbocycles. The summed E-state index contributed by atoms with van der Waals surface area (Å²) in [7, 11) is 1.71. The average Bonchev–Trinajstić information content (AvgIpc) is 2.26. The van der Waals surface area contributed by atoms with Crippen LogP contribution in [-0.2, 0) is 9.53 Å². The molecule has 0 saturated carbocycles. The van der Waals surface area contributed by atoms with Crippen molar-refractivity contribution in [1.82, 2.24) is 10.6 Å². The molecule has 4 heteroatoms. The molecule has 0 radical (unpaired) electrons. The quantitative estimate of drug-likeness (QED) is 0.629. The molecule has 0 spiro atoms. The van der Waals surface area contributed by atoms with Gasteiger partial charge in [-0.05, 0) is 25.2 Å². The molecule has 0 aromatic heterocycles. The molecule has 4 nitrogen and oxygen atoms in total. The molecule has 0 heterocycles. The maximum Gasteiger partial charge on any atom is 0.234 e. The first kappa shape index (κ1) is 17.4. The van der Waals surface area contributed by atoms with Gasteiger partial charge in [0.2, 0.25) is 5.91 Å². The zero-order valence-corrected chi connectivity index (χ0v) is 12.6. The molecule has 0 saturated heterocycles. The van der Waals surface area contributed by atoms with Crippen molar-refractivity contribution in [2.75, 3.05) is 26.8 Å². The van der Waals surface area contributed by atoms with E-state index in [2.05, 4.69) is 31.4 Å². The highest BCUT2D eigenvalue weighted by atomic mass is 16.5. The number of carbonyl (C=O) groups is 1. The van der Waals surface area contributed by atoms with Gasteiger partial charge in [-0.3, -0.25) is 4.79 Å². The third kappa shape index (κ3) is 9.42. The molecule has 0 aliphatic rings. The van der Waals surface area contributed by atoms with Crippen LogP contribution in [0.15, 0.2) is 0 Å². The van der Waals surface area contributed by atoms with Gasteiger partial charge in [0, 0.05) is 26.3 Å². The molecule has 0 aromatic rings. The topological polar surface area (TPSA) is 50.4 Å². The van der Waals surface area contributed by atoms with Crippen molar-refractivity contribution in [2.45, 2.75) is 53.0 Å². The molecular formula is C14H30N2O2. The van der Waals surface area contributed by atoms with Gasteiger partial charge in [0.25, 0.3) is 0 Å². The molecule has 0 fully saturated rings. The van der Waals surface area contributed by atoms with E-state index in [1.54, 1.807) is 7.11 Å². The fourth-order valence-electron chi connectivity index (χ4n) is 1.81. The lowest BCUT2D eigenvalue weighted by molar-refractivity contribution is -0.120. The zero-order chi connectivity index (χ0) is 14.0. The van der Waals surface area contributed by atoms with E-state index in [9.17, 15) is 4.79 Å². The summed E-state index contributed by atoms with van der Waals surface area (Å²) in [6, 6.07) is 0.269. The highest BCUT2D eigenvalue weighted by Crippen LogP contribution is 2.18. The molecule has 2 N–H and O–H groups in total. The van der Waals surface area contributed by atoms with Gasteiger partial charge in [0.05, 0.1) is 6.54 Å². The van der Waals surface area contributed by atoms with Gasteiger partial charge in [-0.15, -0.1) is 0 Å². The van der Waals surface area contributed by atoms with Crippen LogP contribution in [0.3, 0.4) is 0 Å². The average molecular weight is 258 g/mol. The third-order valence-corrected chi connectivity index (χ3v) is 3.00. The summed E-state index contributed by atoms with van der Waals surface area (Å²) in [4.78, 5) is 11.6. The summed E-state index contributed by atoms with van der Waals surface area (Å²) in [5, 5.41) is 6.20. The molecule has 1 atom stereocenters. The number of hydrogen-bond donors (Lipinski definition) is 2. The molecule has 108 valence electrons. The molecule has 18 heavy (non-hydrogen) atoms. The van der Waals surface area contributed by atoms with E-state index in [4.69, 9.17) is 4.74 Å². The molecule has 0 aliphatic carbocycles. The van der Waals surface area contributed by atoms with Crippen LogP contribution in [0.25, 0.3) is 0 Å². The Balaban J connectivity index is 3.72. The van der Waals surface area contributed by atoms with Crippen molar-refractivity contribution in [1.29, 1.82) is 0 Å². The van der Waals surface area contributed by atoms with Gasteiger partial charge in [-0.2, -0.15) is 0 Å². The predicted molar refractivity (Wildman–Crippen MR) is 75.7 cm³/mol. The number of methoxy groups -OCH3 is 1. The van der Waals surface area contributed by atoms with Crippen molar-refractivity contribution < 1.29 is 9.53 Å². The Labute approximate surface area is 112 Å². The van der Waals surface area contributed by atoms with Crippen LogP contribution >= 0.6 is 0 Å². The van der Waals surface area contributed by atoms with Gasteiger partial charge in [0.1, 0.15) is 0 Å². The Kier molecular flexibility index (Phi) is 9.02. The van der Waals surface area contributed by atoms with Crippen LogP contribution in [0.4, 0.5) is 0 Å². The van der Waals surface area contributed by atoms with Crippen molar-refractivity contribution in [3.05, 3.63) is 0 Å². The first-order valence-electron chi connectivity index (χ1n) is 6.90. The van der Waals surface area contributed by atoms with Crippen molar-refractivity contribution >= 4 is 5.91 Å². The van der Waals surface area contributed by atoms with Gasteiger partial charge >= 0.3 is 0 Å². The Morgan fingerprint density at radius 1 is 1.39 bits per heavy atom. The maximum atomic E-state index is 11.6. The van der Waals surface area contributed by atoms with Gasteiger partial charge < -0.3 is 15.4 Å². The summed E-state index contributed by atoms with van der Waals surface area (Å²) in [5.41, 5.74) is 0.158. The van der Waals surface area contributed by atoms with E-state index in [1.807, 2.05) is 6.92 Å². The summed E-state index contributed by atoms with van der Waals surface area (Å²) >= 11 is 0. The SMILES string of the molecule is CCCC(C)NC(=O)CNCC(C)(C)CCOC. The van der Waals surface area contributed by atoms with E-state index < -0.39 is 0 Å². The maximum absolute atomic E-state index is 11.6. The molecule has 0 bridgehead atoms. The van der Waals surface area contributed by atoms with Gasteiger partial charge in [-0.1, -0.05) is 27.2 Å². The Morgan fingerprint density at radius 3 is 2.61 bits per heavy atom. The first-order valence-corrected chi connectivity index (χ1v) is 6.90. The van der Waals surface area contributed by atoms with E-state index >= 15 is 0 Å². The molecular weight excluding hydrogens is 228 g/mol. The van der Waals surface area contributed by atoms with Crippen LogP contribution in [-0.4, -0.2) is 38.8 Å².